The molecule has 8 nitrogen and oxygen atoms in total. The number of anilines is 1. The van der Waals surface area contributed by atoms with Gasteiger partial charge in [-0.2, -0.15) is 0 Å². The fourth-order valence-electron chi connectivity index (χ4n) is 5.91. The molecule has 0 bridgehead atoms. The zero-order valence-corrected chi connectivity index (χ0v) is 21.4. The minimum absolute atomic E-state index is 0.0279. The van der Waals surface area contributed by atoms with Gasteiger partial charge in [0.05, 0.1) is 12.3 Å². The van der Waals surface area contributed by atoms with E-state index in [-0.39, 0.29) is 11.6 Å². The first kappa shape index (κ1) is 22.7. The zero-order chi connectivity index (χ0) is 24.4. The van der Waals surface area contributed by atoms with Crippen molar-refractivity contribution in [3.8, 4) is 17.0 Å². The number of imidazole rings is 1. The summed E-state index contributed by atoms with van der Waals surface area (Å²) in [5.41, 5.74) is 3.89. The molecular weight excluding hydrogens is 442 g/mol. The van der Waals surface area contributed by atoms with Gasteiger partial charge in [0, 0.05) is 63.7 Å². The van der Waals surface area contributed by atoms with Crippen molar-refractivity contribution in [2.75, 3.05) is 44.2 Å². The van der Waals surface area contributed by atoms with Crippen LogP contribution in [0.4, 0.5) is 10.7 Å². The van der Waals surface area contributed by atoms with Crippen LogP contribution in [0, 0.1) is 12.8 Å². The van der Waals surface area contributed by atoms with Gasteiger partial charge in [0.2, 0.25) is 5.95 Å². The van der Waals surface area contributed by atoms with E-state index in [0.29, 0.717) is 25.6 Å². The van der Waals surface area contributed by atoms with Crippen LogP contribution < -0.4 is 15.0 Å². The van der Waals surface area contributed by atoms with E-state index in [1.807, 2.05) is 4.90 Å². The van der Waals surface area contributed by atoms with E-state index in [0.717, 1.165) is 61.1 Å². The molecule has 0 unspecified atom stereocenters. The number of fused-ring (bicyclic) bond motifs is 4. The summed E-state index contributed by atoms with van der Waals surface area (Å²) < 4.78 is 14.7. The Kier molecular flexibility index (Phi) is 5.29. The van der Waals surface area contributed by atoms with Gasteiger partial charge in [-0.15, -0.1) is 0 Å². The van der Waals surface area contributed by atoms with Crippen molar-refractivity contribution >= 4 is 12.0 Å². The summed E-state index contributed by atoms with van der Waals surface area (Å²) in [6, 6.07) is 6.39. The Morgan fingerprint density at radius 3 is 2.71 bits per heavy atom. The van der Waals surface area contributed by atoms with E-state index in [2.05, 4.69) is 60.8 Å². The predicted octanol–water partition coefficient (Wildman–Crippen LogP) is 3.81. The van der Waals surface area contributed by atoms with Crippen molar-refractivity contribution in [2.24, 2.45) is 13.0 Å². The third-order valence-electron chi connectivity index (χ3n) is 8.02. The first-order valence-corrected chi connectivity index (χ1v) is 13.0. The van der Waals surface area contributed by atoms with E-state index in [1.54, 1.807) is 0 Å². The number of ether oxygens (including phenoxy) is 2. The number of carbonyl (C=O) groups is 1. The fraction of sp³-hybridized carbons (Fsp3) is 0.630. The van der Waals surface area contributed by atoms with Crippen LogP contribution in [0.25, 0.3) is 11.3 Å². The summed E-state index contributed by atoms with van der Waals surface area (Å²) in [6.07, 6.45) is 3.61. The first-order chi connectivity index (χ1) is 16.7. The van der Waals surface area contributed by atoms with Gasteiger partial charge in [0.1, 0.15) is 11.4 Å². The quantitative estimate of drug-likeness (QED) is 0.722. The van der Waals surface area contributed by atoms with Crippen LogP contribution in [-0.4, -0.2) is 65.4 Å². The topological polar surface area (TPSA) is 71.9 Å². The average Bonchev–Trinajstić information content (AvgIpc) is 3.58. The molecule has 1 aromatic carbocycles. The number of aryl methyl sites for hydroxylation is 1. The Balaban J connectivity index is 1.34. The molecule has 4 heterocycles. The summed E-state index contributed by atoms with van der Waals surface area (Å²) in [4.78, 5) is 22.1. The van der Waals surface area contributed by atoms with E-state index in [1.165, 1.54) is 18.4 Å². The molecule has 4 aliphatic rings. The maximum atomic E-state index is 12.7. The molecule has 1 amide bonds. The van der Waals surface area contributed by atoms with E-state index >= 15 is 0 Å². The molecule has 0 radical (unpaired) electrons. The second-order valence-corrected chi connectivity index (χ2v) is 11.5. The van der Waals surface area contributed by atoms with Gasteiger partial charge < -0.3 is 29.2 Å². The largest absolute Gasteiger partial charge is 0.480 e. The standard InChI is InChI=1S/C27H37N5O3/c1-18-5-8-20-21(15-18)35-27(9-12-31(13-10-27)25(33)34-16-19-6-7-19)23-22(20)29-24(30(23)4)32-14-11-28-26(2,3)17-32/h5,8,15,19,28H,6-7,9-14,16-17H2,1-4H3. The monoisotopic (exact) mass is 479 g/mol. The third kappa shape index (κ3) is 4.05. The number of likely N-dealkylation sites (tertiary alicyclic amines) is 1. The number of carbonyl (C=O) groups excluding carboxylic acids is 1. The number of hydrogen-bond acceptors (Lipinski definition) is 6. The van der Waals surface area contributed by atoms with Crippen molar-refractivity contribution < 1.29 is 14.3 Å². The molecule has 1 spiro atoms. The van der Waals surface area contributed by atoms with Gasteiger partial charge in [-0.3, -0.25) is 0 Å². The average molecular weight is 480 g/mol. The number of nitrogens with zero attached hydrogens (tertiary/aromatic N) is 4. The number of benzene rings is 1. The molecule has 1 aromatic heterocycles. The van der Waals surface area contributed by atoms with E-state index < -0.39 is 5.60 Å². The van der Waals surface area contributed by atoms with Crippen molar-refractivity contribution in [2.45, 2.75) is 57.6 Å². The minimum Gasteiger partial charge on any atom is -0.480 e. The fourth-order valence-corrected chi connectivity index (χ4v) is 5.91. The van der Waals surface area contributed by atoms with Crippen LogP contribution in [0.5, 0.6) is 5.75 Å². The first-order valence-electron chi connectivity index (χ1n) is 13.0. The van der Waals surface area contributed by atoms with Gasteiger partial charge in [-0.05, 0) is 57.2 Å². The summed E-state index contributed by atoms with van der Waals surface area (Å²) >= 11 is 0. The van der Waals surface area contributed by atoms with Crippen LogP contribution in [0.15, 0.2) is 18.2 Å². The lowest BCUT2D eigenvalue weighted by molar-refractivity contribution is -0.0109. The summed E-state index contributed by atoms with van der Waals surface area (Å²) in [5, 5.41) is 3.60. The van der Waals surface area contributed by atoms with Crippen LogP contribution in [0.1, 0.15) is 50.8 Å². The van der Waals surface area contributed by atoms with Gasteiger partial charge in [-0.25, -0.2) is 9.78 Å². The highest BCUT2D eigenvalue weighted by Gasteiger charge is 2.48. The number of amides is 1. The number of rotatable bonds is 3. The number of piperazine rings is 1. The second kappa shape index (κ2) is 8.15. The molecule has 1 aliphatic carbocycles. The summed E-state index contributed by atoms with van der Waals surface area (Å²) in [5.74, 6) is 2.46. The lowest BCUT2D eigenvalue weighted by atomic mass is 9.83. The van der Waals surface area contributed by atoms with Crippen molar-refractivity contribution in [3.63, 3.8) is 0 Å². The Labute approximate surface area is 207 Å². The number of aromatic nitrogens is 2. The molecule has 8 heteroatoms. The van der Waals surface area contributed by atoms with Gasteiger partial charge >= 0.3 is 6.09 Å². The maximum Gasteiger partial charge on any atom is 0.409 e. The normalized spacial score (nSPS) is 22.4. The molecule has 2 saturated heterocycles. The molecule has 1 saturated carbocycles. The minimum atomic E-state index is -0.507. The van der Waals surface area contributed by atoms with Gasteiger partial charge in [-0.1, -0.05) is 6.07 Å². The van der Waals surface area contributed by atoms with Crippen molar-refractivity contribution in [1.82, 2.24) is 19.8 Å². The van der Waals surface area contributed by atoms with Crippen LogP contribution in [0.2, 0.25) is 0 Å². The summed E-state index contributed by atoms with van der Waals surface area (Å²) in [7, 11) is 2.12. The van der Waals surface area contributed by atoms with Crippen LogP contribution in [-0.2, 0) is 17.4 Å². The molecule has 3 aliphatic heterocycles. The van der Waals surface area contributed by atoms with Crippen LogP contribution in [0.3, 0.4) is 0 Å². The highest BCUT2D eigenvalue weighted by Crippen LogP contribution is 2.50. The second-order valence-electron chi connectivity index (χ2n) is 11.5. The number of nitrogens with one attached hydrogen (secondary N) is 1. The Bertz CT molecular complexity index is 1140. The van der Waals surface area contributed by atoms with E-state index in [9.17, 15) is 4.79 Å². The smallest absolute Gasteiger partial charge is 0.409 e. The molecule has 1 N–H and O–H groups in total. The van der Waals surface area contributed by atoms with E-state index in [4.69, 9.17) is 14.5 Å². The van der Waals surface area contributed by atoms with Crippen LogP contribution >= 0.6 is 0 Å². The highest BCUT2D eigenvalue weighted by atomic mass is 16.6. The lowest BCUT2D eigenvalue weighted by Crippen LogP contribution is -2.57. The summed E-state index contributed by atoms with van der Waals surface area (Å²) in [6.45, 7) is 11.1. The van der Waals surface area contributed by atoms with Gasteiger partial charge in [0.25, 0.3) is 0 Å². The lowest BCUT2D eigenvalue weighted by Gasteiger charge is -2.44. The molecule has 3 fully saturated rings. The Morgan fingerprint density at radius 1 is 1.23 bits per heavy atom. The zero-order valence-electron chi connectivity index (χ0n) is 21.4. The molecular formula is C27H37N5O3. The molecule has 2 aromatic rings. The highest BCUT2D eigenvalue weighted by molar-refractivity contribution is 5.75. The number of hydrogen-bond donors (Lipinski definition) is 1. The molecule has 6 rings (SSSR count). The predicted molar refractivity (Wildman–Crippen MR) is 135 cm³/mol. The molecule has 35 heavy (non-hydrogen) atoms. The number of piperidine rings is 1. The molecule has 0 atom stereocenters. The third-order valence-corrected chi connectivity index (χ3v) is 8.02. The molecule has 188 valence electrons. The SMILES string of the molecule is Cc1ccc2c(c1)OC1(CCN(C(=O)OCC3CC3)CC1)c1c-2nc(N2CCNC(C)(C)C2)n1C. The maximum absolute atomic E-state index is 12.7. The van der Waals surface area contributed by atoms with Crippen molar-refractivity contribution in [3.05, 3.63) is 29.5 Å². The Morgan fingerprint density at radius 2 is 2.00 bits per heavy atom. The van der Waals surface area contributed by atoms with Gasteiger partial charge in [0.15, 0.2) is 5.60 Å². The Hall–Kier alpha value is -2.74. The van der Waals surface area contributed by atoms with Crippen molar-refractivity contribution in [1.29, 1.82) is 0 Å².